The maximum absolute atomic E-state index is 12.7. The number of halogens is 1. The predicted octanol–water partition coefficient (Wildman–Crippen LogP) is 4.30. The summed E-state index contributed by atoms with van der Waals surface area (Å²) in [5, 5.41) is 2.15. The lowest BCUT2D eigenvalue weighted by Crippen LogP contribution is -2.39. The second-order valence-electron chi connectivity index (χ2n) is 4.94. The number of thiocarbonyl (C=S) groups is 1. The van der Waals surface area contributed by atoms with E-state index in [1.807, 2.05) is 48.9 Å². The fourth-order valence-corrected chi connectivity index (χ4v) is 3.76. The lowest BCUT2D eigenvalue weighted by atomic mass is 10.2. The Hall–Kier alpha value is -1.56. The molecule has 0 unspecified atom stereocenters. The smallest absolute Gasteiger partial charge is 0.266 e. The van der Waals surface area contributed by atoms with Crippen LogP contribution in [0.4, 0.5) is 0 Å². The summed E-state index contributed by atoms with van der Waals surface area (Å²) < 4.78 is 2.36. The van der Waals surface area contributed by atoms with Gasteiger partial charge in [-0.25, -0.2) is 0 Å². The molecule has 6 heteroatoms. The molecule has 2 aromatic rings. The van der Waals surface area contributed by atoms with Crippen molar-refractivity contribution in [1.82, 2.24) is 4.68 Å². The Kier molecular flexibility index (Phi) is 4.12. The van der Waals surface area contributed by atoms with Crippen molar-refractivity contribution in [3.63, 3.8) is 0 Å². The van der Waals surface area contributed by atoms with Gasteiger partial charge >= 0.3 is 0 Å². The third-order valence-electron chi connectivity index (χ3n) is 3.40. The Bertz CT molecular complexity index is 791. The van der Waals surface area contributed by atoms with Gasteiger partial charge < -0.3 is 0 Å². The van der Waals surface area contributed by atoms with Crippen LogP contribution >= 0.6 is 35.6 Å². The van der Waals surface area contributed by atoms with E-state index >= 15 is 0 Å². The Balaban J connectivity index is 2.01. The first-order valence-corrected chi connectivity index (χ1v) is 8.27. The Morgan fingerprint density at radius 1 is 1.14 bits per heavy atom. The standard InChI is InChI=1S/C16H13ClN2OS2/c1-10-7-8-11(2)18(10)19-15(20)14(22-16(19)21)9-12-5-3-4-6-13(12)17/h3-9H,1-2H3/b14-9+. The van der Waals surface area contributed by atoms with Gasteiger partial charge in [-0.1, -0.05) is 41.6 Å². The quantitative estimate of drug-likeness (QED) is 0.597. The van der Waals surface area contributed by atoms with Crippen LogP contribution < -0.4 is 5.01 Å². The number of aryl methyl sites for hydroxylation is 2. The summed E-state index contributed by atoms with van der Waals surface area (Å²) in [6.45, 7) is 3.90. The van der Waals surface area contributed by atoms with Crippen LogP contribution in [0, 0.1) is 13.8 Å². The molecule has 1 aliphatic rings. The Labute approximate surface area is 143 Å². The summed E-state index contributed by atoms with van der Waals surface area (Å²) >= 11 is 12.8. The fraction of sp³-hybridized carbons (Fsp3) is 0.125. The third kappa shape index (κ3) is 2.60. The molecule has 1 fully saturated rings. The SMILES string of the molecule is Cc1ccc(C)n1N1C(=O)/C(=C\c2ccccc2Cl)SC1=S. The van der Waals surface area contributed by atoms with E-state index in [2.05, 4.69) is 0 Å². The van der Waals surface area contributed by atoms with E-state index in [1.54, 1.807) is 12.1 Å². The largest absolute Gasteiger partial charge is 0.285 e. The van der Waals surface area contributed by atoms with Crippen LogP contribution in [0.3, 0.4) is 0 Å². The number of carbonyl (C=O) groups is 1. The third-order valence-corrected chi connectivity index (χ3v) is 5.03. The van der Waals surface area contributed by atoms with Crippen LogP contribution in [0.2, 0.25) is 5.02 Å². The average Bonchev–Trinajstić information content (AvgIpc) is 2.94. The molecule has 1 amide bonds. The van der Waals surface area contributed by atoms with Gasteiger partial charge in [-0.15, -0.1) is 0 Å². The molecule has 0 saturated carbocycles. The summed E-state index contributed by atoms with van der Waals surface area (Å²) in [4.78, 5) is 13.3. The average molecular weight is 349 g/mol. The van der Waals surface area contributed by atoms with E-state index in [-0.39, 0.29) is 5.91 Å². The normalized spacial score (nSPS) is 16.9. The molecule has 112 valence electrons. The molecule has 0 radical (unpaired) electrons. The Morgan fingerprint density at radius 2 is 1.77 bits per heavy atom. The highest BCUT2D eigenvalue weighted by molar-refractivity contribution is 8.27. The zero-order valence-electron chi connectivity index (χ0n) is 12.0. The minimum absolute atomic E-state index is 0.127. The van der Waals surface area contributed by atoms with Gasteiger partial charge in [0.25, 0.3) is 5.91 Å². The summed E-state index contributed by atoms with van der Waals surface area (Å²) in [6, 6.07) is 11.4. The highest BCUT2D eigenvalue weighted by atomic mass is 35.5. The summed E-state index contributed by atoms with van der Waals surface area (Å²) in [5.74, 6) is -0.127. The minimum Gasteiger partial charge on any atom is -0.266 e. The molecule has 1 saturated heterocycles. The number of benzene rings is 1. The van der Waals surface area contributed by atoms with Gasteiger partial charge in [0.15, 0.2) is 4.32 Å². The van der Waals surface area contributed by atoms with Crippen molar-refractivity contribution < 1.29 is 4.79 Å². The van der Waals surface area contributed by atoms with Gasteiger partial charge in [-0.3, -0.25) is 9.47 Å². The number of hydrogen-bond donors (Lipinski definition) is 0. The molecule has 3 nitrogen and oxygen atoms in total. The predicted molar refractivity (Wildman–Crippen MR) is 96.7 cm³/mol. The van der Waals surface area contributed by atoms with E-state index in [4.69, 9.17) is 23.8 Å². The van der Waals surface area contributed by atoms with Crippen LogP contribution in [-0.4, -0.2) is 14.9 Å². The number of rotatable bonds is 2. The molecule has 1 aromatic carbocycles. The number of nitrogens with zero attached hydrogens (tertiary/aromatic N) is 2. The van der Waals surface area contributed by atoms with E-state index in [0.717, 1.165) is 17.0 Å². The second-order valence-corrected chi connectivity index (χ2v) is 7.03. The highest BCUT2D eigenvalue weighted by Crippen LogP contribution is 2.33. The lowest BCUT2D eigenvalue weighted by molar-refractivity contribution is -0.114. The van der Waals surface area contributed by atoms with Crippen molar-refractivity contribution in [3.05, 3.63) is 63.3 Å². The van der Waals surface area contributed by atoms with Crippen LogP contribution in [0.25, 0.3) is 6.08 Å². The molecule has 1 aromatic heterocycles. The van der Waals surface area contributed by atoms with Gasteiger partial charge in [0.2, 0.25) is 0 Å². The van der Waals surface area contributed by atoms with Crippen molar-refractivity contribution in [2.45, 2.75) is 13.8 Å². The fourth-order valence-electron chi connectivity index (χ4n) is 2.34. The highest BCUT2D eigenvalue weighted by Gasteiger charge is 2.34. The zero-order valence-corrected chi connectivity index (χ0v) is 14.4. The first-order valence-electron chi connectivity index (χ1n) is 6.67. The molecule has 0 N–H and O–H groups in total. The van der Waals surface area contributed by atoms with Crippen molar-refractivity contribution in [1.29, 1.82) is 0 Å². The van der Waals surface area contributed by atoms with E-state index < -0.39 is 0 Å². The monoisotopic (exact) mass is 348 g/mol. The Morgan fingerprint density at radius 3 is 2.41 bits per heavy atom. The molecular formula is C16H13ClN2OS2. The molecule has 3 rings (SSSR count). The van der Waals surface area contributed by atoms with E-state index in [0.29, 0.717) is 14.2 Å². The molecule has 0 bridgehead atoms. The van der Waals surface area contributed by atoms with Gasteiger partial charge in [0.1, 0.15) is 0 Å². The van der Waals surface area contributed by atoms with Crippen LogP contribution in [0.5, 0.6) is 0 Å². The summed E-state index contributed by atoms with van der Waals surface area (Å²) in [6.07, 6.45) is 1.79. The summed E-state index contributed by atoms with van der Waals surface area (Å²) in [5.41, 5.74) is 2.74. The molecule has 0 atom stereocenters. The number of thioether (sulfide) groups is 1. The molecule has 2 heterocycles. The van der Waals surface area contributed by atoms with Crippen LogP contribution in [0.15, 0.2) is 41.3 Å². The minimum atomic E-state index is -0.127. The second kappa shape index (κ2) is 5.91. The zero-order chi connectivity index (χ0) is 15.9. The summed E-state index contributed by atoms with van der Waals surface area (Å²) in [7, 11) is 0. The molecule has 22 heavy (non-hydrogen) atoms. The van der Waals surface area contributed by atoms with Crippen molar-refractivity contribution in [2.75, 3.05) is 5.01 Å². The van der Waals surface area contributed by atoms with Gasteiger partial charge in [-0.2, -0.15) is 5.01 Å². The maximum atomic E-state index is 12.7. The van der Waals surface area contributed by atoms with E-state index in [9.17, 15) is 4.79 Å². The first-order chi connectivity index (χ1) is 10.5. The molecule has 0 spiro atoms. The van der Waals surface area contributed by atoms with Crippen molar-refractivity contribution in [2.24, 2.45) is 0 Å². The lowest BCUT2D eigenvalue weighted by Gasteiger charge is -2.20. The van der Waals surface area contributed by atoms with Gasteiger partial charge in [0.05, 0.1) is 4.91 Å². The number of carbonyl (C=O) groups excluding carboxylic acids is 1. The van der Waals surface area contributed by atoms with Crippen molar-refractivity contribution >= 4 is 51.9 Å². The van der Waals surface area contributed by atoms with Gasteiger partial charge in [-0.05, 0) is 55.9 Å². The first kappa shape index (κ1) is 15.3. The number of amides is 1. The van der Waals surface area contributed by atoms with Crippen LogP contribution in [-0.2, 0) is 4.79 Å². The molecule has 1 aliphatic heterocycles. The number of aromatic nitrogens is 1. The molecular weight excluding hydrogens is 336 g/mol. The van der Waals surface area contributed by atoms with Gasteiger partial charge in [0, 0.05) is 16.4 Å². The van der Waals surface area contributed by atoms with Crippen molar-refractivity contribution in [3.8, 4) is 0 Å². The molecule has 0 aliphatic carbocycles. The van der Waals surface area contributed by atoms with E-state index in [1.165, 1.54) is 16.8 Å². The maximum Gasteiger partial charge on any atom is 0.285 e. The number of hydrogen-bond acceptors (Lipinski definition) is 3. The van der Waals surface area contributed by atoms with Crippen LogP contribution in [0.1, 0.15) is 17.0 Å². The topological polar surface area (TPSA) is 25.2 Å².